The fourth-order valence-corrected chi connectivity index (χ4v) is 3.74. The van der Waals surface area contributed by atoms with Gasteiger partial charge in [0.15, 0.2) is 11.5 Å². The van der Waals surface area contributed by atoms with Crippen LogP contribution in [0.4, 0.5) is 22.0 Å². The van der Waals surface area contributed by atoms with Gasteiger partial charge in [0.25, 0.3) is 0 Å². The van der Waals surface area contributed by atoms with Gasteiger partial charge in [0.1, 0.15) is 5.83 Å². The lowest BCUT2D eigenvalue weighted by atomic mass is 9.74. The molecule has 5 nitrogen and oxygen atoms in total. The Bertz CT molecular complexity index is 1230. The number of halogens is 5. The molecule has 0 spiro atoms. The monoisotopic (exact) mass is 434 g/mol. The first kappa shape index (κ1) is 20.7. The van der Waals surface area contributed by atoms with Gasteiger partial charge in [-0.15, -0.1) is 0 Å². The van der Waals surface area contributed by atoms with E-state index in [9.17, 15) is 18.4 Å². The van der Waals surface area contributed by atoms with Gasteiger partial charge in [-0.2, -0.15) is 18.3 Å². The molecule has 0 bridgehead atoms. The summed E-state index contributed by atoms with van der Waals surface area (Å²) in [5.74, 6) is -2.87. The second kappa shape index (κ2) is 7.31. The molecule has 31 heavy (non-hydrogen) atoms. The fraction of sp³-hybridized carbons (Fsp3) is 0.143. The van der Waals surface area contributed by atoms with Crippen molar-refractivity contribution in [3.8, 4) is 0 Å². The molecule has 0 saturated heterocycles. The van der Waals surface area contributed by atoms with Crippen LogP contribution in [0.25, 0.3) is 22.0 Å². The number of hydroxylamine groups is 1. The molecule has 1 aromatic heterocycles. The van der Waals surface area contributed by atoms with Crippen molar-refractivity contribution in [2.75, 3.05) is 0 Å². The number of nitrogens with one attached hydrogen (secondary N) is 3. The Morgan fingerprint density at radius 2 is 1.84 bits per heavy atom. The van der Waals surface area contributed by atoms with Crippen LogP contribution in [0.5, 0.6) is 0 Å². The highest BCUT2D eigenvalue weighted by Crippen LogP contribution is 2.53. The number of aromatic nitrogens is 2. The third kappa shape index (κ3) is 3.38. The van der Waals surface area contributed by atoms with Gasteiger partial charge < -0.3 is 0 Å². The zero-order valence-electron chi connectivity index (χ0n) is 15.7. The van der Waals surface area contributed by atoms with Gasteiger partial charge in [-0.3, -0.25) is 21.2 Å². The van der Waals surface area contributed by atoms with Crippen molar-refractivity contribution in [3.63, 3.8) is 0 Å². The lowest BCUT2D eigenvalue weighted by Crippen LogP contribution is -2.46. The number of H-pyrrole nitrogens is 1. The Hall–Kier alpha value is -3.53. The van der Waals surface area contributed by atoms with Crippen molar-refractivity contribution < 1.29 is 27.2 Å². The van der Waals surface area contributed by atoms with Crippen LogP contribution in [0.15, 0.2) is 66.1 Å². The molecule has 1 aliphatic rings. The van der Waals surface area contributed by atoms with Crippen LogP contribution >= 0.6 is 0 Å². The second-order valence-electron chi connectivity index (χ2n) is 7.04. The van der Waals surface area contributed by atoms with Crippen molar-refractivity contribution in [2.24, 2.45) is 0 Å². The average Bonchev–Trinajstić information content (AvgIpc) is 3.22. The molecule has 0 aliphatic heterocycles. The summed E-state index contributed by atoms with van der Waals surface area (Å²) < 4.78 is 72.7. The first-order valence-corrected chi connectivity index (χ1v) is 9.04. The van der Waals surface area contributed by atoms with Crippen LogP contribution in [0.3, 0.4) is 0 Å². The van der Waals surface area contributed by atoms with E-state index in [2.05, 4.69) is 10.2 Å². The highest BCUT2D eigenvalue weighted by molar-refractivity contribution is 6.12. The van der Waals surface area contributed by atoms with E-state index in [1.807, 2.05) is 0 Å². The van der Waals surface area contributed by atoms with Crippen LogP contribution in [-0.4, -0.2) is 33.1 Å². The van der Waals surface area contributed by atoms with Crippen molar-refractivity contribution in [1.29, 1.82) is 5.41 Å². The lowest BCUT2D eigenvalue weighted by molar-refractivity contribution is -0.0979. The molecule has 3 aromatic rings. The van der Waals surface area contributed by atoms with Crippen molar-refractivity contribution in [1.82, 2.24) is 15.7 Å². The largest absolute Gasteiger partial charge is 0.415 e. The Balaban J connectivity index is 2.13. The molecule has 4 rings (SSSR count). The number of allylic oxidation sites excluding steroid dienone is 3. The molecule has 1 heterocycles. The minimum Gasteiger partial charge on any atom is -0.290 e. The molecule has 4 N–H and O–H groups in total. The molecule has 0 radical (unpaired) electrons. The first-order chi connectivity index (χ1) is 14.7. The molecular weight excluding hydrogens is 419 g/mol. The maximum absolute atomic E-state index is 16.2. The Morgan fingerprint density at radius 3 is 2.48 bits per heavy atom. The molecule has 1 atom stereocenters. The Morgan fingerprint density at radius 1 is 1.13 bits per heavy atom. The Labute approximate surface area is 172 Å². The molecule has 0 amide bonds. The topological polar surface area (TPSA) is 84.8 Å². The molecular formula is C21H15F5N4O. The van der Waals surface area contributed by atoms with Gasteiger partial charge in [-0.05, 0) is 23.3 Å². The predicted octanol–water partition coefficient (Wildman–Crippen LogP) is 5.33. The fourth-order valence-electron chi connectivity index (χ4n) is 3.74. The summed E-state index contributed by atoms with van der Waals surface area (Å²) in [6, 6.07) is 11.6. The van der Waals surface area contributed by atoms with E-state index in [0.29, 0.717) is 10.9 Å². The third-order valence-corrected chi connectivity index (χ3v) is 5.19. The smallest absolute Gasteiger partial charge is 0.290 e. The van der Waals surface area contributed by atoms with Crippen LogP contribution < -0.4 is 5.48 Å². The maximum Gasteiger partial charge on any atom is 0.415 e. The number of aromatic amines is 1. The quantitative estimate of drug-likeness (QED) is 0.195. The summed E-state index contributed by atoms with van der Waals surface area (Å²) in [6.07, 6.45) is -5.29. The van der Waals surface area contributed by atoms with Gasteiger partial charge in [0.05, 0.1) is 17.3 Å². The summed E-state index contributed by atoms with van der Waals surface area (Å²) in [5.41, 5.74) is -4.15. The van der Waals surface area contributed by atoms with Crippen LogP contribution in [0.1, 0.15) is 17.5 Å². The van der Waals surface area contributed by atoms with Gasteiger partial charge in [-0.1, -0.05) is 36.4 Å². The summed E-state index contributed by atoms with van der Waals surface area (Å²) in [4.78, 5) is 0. The van der Waals surface area contributed by atoms with E-state index in [0.717, 1.165) is 0 Å². The maximum atomic E-state index is 16.2. The van der Waals surface area contributed by atoms with Gasteiger partial charge in [0.2, 0.25) is 0 Å². The summed E-state index contributed by atoms with van der Waals surface area (Å²) >= 11 is 0. The van der Waals surface area contributed by atoms with E-state index in [1.54, 1.807) is 6.07 Å². The predicted molar refractivity (Wildman–Crippen MR) is 105 cm³/mol. The summed E-state index contributed by atoms with van der Waals surface area (Å²) in [5, 5.41) is 24.0. The minimum absolute atomic E-state index is 0.0283. The minimum atomic E-state index is -5.19. The van der Waals surface area contributed by atoms with Gasteiger partial charge in [0, 0.05) is 23.0 Å². The van der Waals surface area contributed by atoms with Gasteiger partial charge >= 0.3 is 6.18 Å². The molecule has 1 unspecified atom stereocenters. The molecule has 0 fully saturated rings. The third-order valence-electron chi connectivity index (χ3n) is 5.19. The van der Waals surface area contributed by atoms with Crippen molar-refractivity contribution >= 4 is 27.9 Å². The van der Waals surface area contributed by atoms with Crippen molar-refractivity contribution in [2.45, 2.75) is 18.3 Å². The molecule has 2 aromatic carbocycles. The summed E-state index contributed by atoms with van der Waals surface area (Å²) in [7, 11) is 0. The average molecular weight is 434 g/mol. The first-order valence-electron chi connectivity index (χ1n) is 9.04. The highest BCUT2D eigenvalue weighted by Gasteiger charge is 2.53. The second-order valence-corrected chi connectivity index (χ2v) is 7.04. The number of alkyl halides is 4. The molecule has 0 saturated carbocycles. The number of hydrogen-bond acceptors (Lipinski definition) is 3. The standard InChI is InChI=1S/C21H15F5N4O/c22-18-14(21(24,25)26)9-20(23,19(27)30-31)17(11-4-2-1-3-5-11)16(18)12-6-7-15-13(8-12)10-28-29-15/h1-8,10,31H,9H2,(H2,27,30)(H,28,29). The normalized spacial score (nSPS) is 19.8. The Kier molecular flexibility index (Phi) is 4.89. The van der Waals surface area contributed by atoms with Crippen LogP contribution in [0, 0.1) is 5.41 Å². The molecule has 1 aliphatic carbocycles. The van der Waals surface area contributed by atoms with E-state index >= 15 is 8.78 Å². The number of benzene rings is 2. The number of fused-ring (bicyclic) bond motifs is 1. The highest BCUT2D eigenvalue weighted by atomic mass is 19.4. The van der Waals surface area contributed by atoms with Crippen molar-refractivity contribution in [3.05, 3.63) is 77.3 Å². The SMILES string of the molecule is N=C(NO)C1(F)CC(C(F)(F)F)=C(F)C(c2ccc3[nH]ncc3c2)=C1c1ccccc1. The summed E-state index contributed by atoms with van der Waals surface area (Å²) in [6.45, 7) is 0. The van der Waals surface area contributed by atoms with E-state index < -0.39 is 46.6 Å². The van der Waals surface area contributed by atoms with Gasteiger partial charge in [-0.25, -0.2) is 8.78 Å². The molecule has 160 valence electrons. The van der Waals surface area contributed by atoms with Crippen LogP contribution in [0.2, 0.25) is 0 Å². The lowest BCUT2D eigenvalue weighted by Gasteiger charge is -2.36. The van der Waals surface area contributed by atoms with E-state index in [4.69, 9.17) is 5.41 Å². The number of rotatable bonds is 3. The molecule has 10 heteroatoms. The van der Waals surface area contributed by atoms with E-state index in [-0.39, 0.29) is 11.1 Å². The number of hydrogen-bond donors (Lipinski definition) is 4. The number of amidine groups is 1. The zero-order chi connectivity index (χ0) is 22.4. The zero-order valence-corrected chi connectivity index (χ0v) is 15.7. The van der Waals surface area contributed by atoms with Crippen LogP contribution in [-0.2, 0) is 0 Å². The van der Waals surface area contributed by atoms with E-state index in [1.165, 1.54) is 54.1 Å². The number of nitrogens with zero attached hydrogens (tertiary/aromatic N) is 1.